The Morgan fingerprint density at radius 2 is 1.00 bits per heavy atom. The fraction of sp³-hybridized carbons (Fsp3) is 0.133. The lowest BCUT2D eigenvalue weighted by Crippen LogP contribution is -1.82. The molecule has 0 heteroatoms. The van der Waals surface area contributed by atoms with Crippen molar-refractivity contribution < 1.29 is 0 Å². The summed E-state index contributed by atoms with van der Waals surface area (Å²) in [5, 5.41) is 0. The summed E-state index contributed by atoms with van der Waals surface area (Å²) in [5.41, 5.74) is 2.87. The molecule has 3 rings (SSSR count). The van der Waals surface area contributed by atoms with E-state index >= 15 is 0 Å². The van der Waals surface area contributed by atoms with Gasteiger partial charge < -0.3 is 0 Å². The van der Waals surface area contributed by atoms with Gasteiger partial charge in [0, 0.05) is 11.1 Å². The van der Waals surface area contributed by atoms with Crippen LogP contribution in [0.3, 0.4) is 0 Å². The molecule has 0 spiro atoms. The highest BCUT2D eigenvalue weighted by Crippen LogP contribution is 2.53. The lowest BCUT2D eigenvalue weighted by atomic mass is 10.0. The zero-order valence-corrected chi connectivity index (χ0v) is 8.51. The van der Waals surface area contributed by atoms with E-state index in [1.807, 2.05) is 0 Å². The average molecular weight is 193 g/mol. The van der Waals surface area contributed by atoms with Crippen LogP contribution in [0.15, 0.2) is 60.7 Å². The molecule has 72 valence electrons. The van der Waals surface area contributed by atoms with Crippen LogP contribution in [0.25, 0.3) is 0 Å². The van der Waals surface area contributed by atoms with Crippen LogP contribution >= 0.6 is 0 Å². The van der Waals surface area contributed by atoms with Crippen LogP contribution in [0.2, 0.25) is 0 Å². The fourth-order valence-corrected chi connectivity index (χ4v) is 2.15. The van der Waals surface area contributed by atoms with Crippen molar-refractivity contribution in [3.05, 3.63) is 78.2 Å². The Labute approximate surface area is 90.6 Å². The monoisotopic (exact) mass is 193 g/mol. The summed E-state index contributed by atoms with van der Waals surface area (Å²) in [6.45, 7) is 0. The van der Waals surface area contributed by atoms with E-state index in [9.17, 15) is 0 Å². The van der Waals surface area contributed by atoms with Crippen LogP contribution in [0.1, 0.15) is 23.0 Å². The van der Waals surface area contributed by atoms with Gasteiger partial charge in [0.15, 0.2) is 11.8 Å². The molecular formula is C15H13+. The van der Waals surface area contributed by atoms with Crippen molar-refractivity contribution in [2.24, 2.45) is 0 Å². The Morgan fingerprint density at radius 3 is 1.40 bits per heavy atom. The third kappa shape index (κ3) is 1.63. The van der Waals surface area contributed by atoms with Crippen LogP contribution in [0, 0.1) is 6.42 Å². The first-order valence-electron chi connectivity index (χ1n) is 5.40. The van der Waals surface area contributed by atoms with E-state index in [-0.39, 0.29) is 0 Å². The van der Waals surface area contributed by atoms with Gasteiger partial charge in [-0.3, -0.25) is 0 Å². The van der Waals surface area contributed by atoms with Gasteiger partial charge in [-0.15, -0.1) is 0 Å². The van der Waals surface area contributed by atoms with E-state index < -0.39 is 0 Å². The van der Waals surface area contributed by atoms with E-state index in [2.05, 4.69) is 67.1 Å². The minimum absolute atomic E-state index is 0.633. The summed E-state index contributed by atoms with van der Waals surface area (Å²) in [6.07, 6.45) is 2.41. The fourth-order valence-electron chi connectivity index (χ4n) is 2.15. The van der Waals surface area contributed by atoms with Gasteiger partial charge in [0.25, 0.3) is 0 Å². The molecule has 0 bridgehead atoms. The predicted molar refractivity (Wildman–Crippen MR) is 62.7 cm³/mol. The number of hydrogen-bond acceptors (Lipinski definition) is 0. The molecule has 0 nitrogen and oxygen atoms in total. The molecule has 0 saturated heterocycles. The molecule has 0 aromatic heterocycles. The van der Waals surface area contributed by atoms with E-state index in [1.165, 1.54) is 11.1 Å². The molecule has 1 aliphatic rings. The molecule has 1 aliphatic carbocycles. The first-order chi connectivity index (χ1) is 7.45. The van der Waals surface area contributed by atoms with E-state index in [0.29, 0.717) is 11.8 Å². The first kappa shape index (κ1) is 8.60. The third-order valence-electron chi connectivity index (χ3n) is 3.03. The molecule has 2 atom stereocenters. The normalized spacial score (nSPS) is 23.2. The molecule has 0 radical (unpaired) electrons. The predicted octanol–water partition coefficient (Wildman–Crippen LogP) is 3.77. The topological polar surface area (TPSA) is 0 Å². The van der Waals surface area contributed by atoms with Gasteiger partial charge in [0.05, 0.1) is 0 Å². The maximum Gasteiger partial charge on any atom is 0.170 e. The summed E-state index contributed by atoms with van der Waals surface area (Å²) in [4.78, 5) is 0. The van der Waals surface area contributed by atoms with Crippen molar-refractivity contribution >= 4 is 0 Å². The van der Waals surface area contributed by atoms with Crippen molar-refractivity contribution in [1.29, 1.82) is 0 Å². The van der Waals surface area contributed by atoms with Gasteiger partial charge in [-0.2, -0.15) is 0 Å². The molecule has 2 aromatic rings. The standard InChI is InChI=1S/C15H13/c1-3-7-12(8-4-1)14-11-15(14)13-9-5-2-6-10-13/h1-11,14-15H/q+1. The highest BCUT2D eigenvalue weighted by atomic mass is 14.4. The van der Waals surface area contributed by atoms with Crippen molar-refractivity contribution in [3.63, 3.8) is 0 Å². The van der Waals surface area contributed by atoms with Crippen LogP contribution < -0.4 is 0 Å². The van der Waals surface area contributed by atoms with Crippen LogP contribution in [0.5, 0.6) is 0 Å². The molecule has 0 amide bonds. The van der Waals surface area contributed by atoms with E-state index in [1.54, 1.807) is 0 Å². The van der Waals surface area contributed by atoms with E-state index in [4.69, 9.17) is 0 Å². The molecule has 1 fully saturated rings. The van der Waals surface area contributed by atoms with Crippen molar-refractivity contribution in [1.82, 2.24) is 0 Å². The highest BCUT2D eigenvalue weighted by molar-refractivity contribution is 5.43. The molecule has 1 saturated carbocycles. The molecule has 15 heavy (non-hydrogen) atoms. The Balaban J connectivity index is 1.81. The van der Waals surface area contributed by atoms with E-state index in [0.717, 1.165) is 0 Å². The maximum absolute atomic E-state index is 2.41. The zero-order valence-electron chi connectivity index (χ0n) is 8.51. The Hall–Kier alpha value is -1.69. The summed E-state index contributed by atoms with van der Waals surface area (Å²) in [5.74, 6) is 1.27. The summed E-state index contributed by atoms with van der Waals surface area (Å²) < 4.78 is 0. The largest absolute Gasteiger partial charge is 0.170 e. The minimum Gasteiger partial charge on any atom is -0.0622 e. The average Bonchev–Trinajstić information content (AvgIpc) is 3.11. The summed E-state index contributed by atoms with van der Waals surface area (Å²) in [7, 11) is 0. The van der Waals surface area contributed by atoms with Gasteiger partial charge in [-0.05, 0) is 0 Å². The van der Waals surface area contributed by atoms with Crippen molar-refractivity contribution in [2.45, 2.75) is 11.8 Å². The minimum atomic E-state index is 0.633. The van der Waals surface area contributed by atoms with Crippen molar-refractivity contribution in [3.8, 4) is 0 Å². The Kier molecular flexibility index (Phi) is 1.99. The molecule has 0 aliphatic heterocycles. The maximum atomic E-state index is 2.41. The smallest absolute Gasteiger partial charge is 0.0622 e. The molecular weight excluding hydrogens is 180 g/mol. The zero-order chi connectivity index (χ0) is 10.1. The summed E-state index contributed by atoms with van der Waals surface area (Å²) >= 11 is 0. The second-order valence-electron chi connectivity index (χ2n) is 4.07. The lowest BCUT2D eigenvalue weighted by Gasteiger charge is -1.93. The second kappa shape index (κ2) is 3.47. The Morgan fingerprint density at radius 1 is 0.600 bits per heavy atom. The van der Waals surface area contributed by atoms with Gasteiger partial charge in [0.1, 0.15) is 6.42 Å². The third-order valence-corrected chi connectivity index (χ3v) is 3.03. The Bertz CT molecular complexity index is 387. The quantitative estimate of drug-likeness (QED) is 0.637. The van der Waals surface area contributed by atoms with Crippen molar-refractivity contribution in [2.75, 3.05) is 0 Å². The lowest BCUT2D eigenvalue weighted by molar-refractivity contribution is 1.03. The number of rotatable bonds is 2. The van der Waals surface area contributed by atoms with Gasteiger partial charge in [-0.1, -0.05) is 60.7 Å². The second-order valence-corrected chi connectivity index (χ2v) is 4.07. The van der Waals surface area contributed by atoms with Gasteiger partial charge >= 0.3 is 0 Å². The number of benzene rings is 2. The molecule has 0 heterocycles. The van der Waals surface area contributed by atoms with Crippen LogP contribution in [-0.2, 0) is 0 Å². The molecule has 2 aromatic carbocycles. The number of hydrogen-bond donors (Lipinski definition) is 0. The molecule has 2 unspecified atom stereocenters. The van der Waals surface area contributed by atoms with Crippen LogP contribution in [-0.4, -0.2) is 0 Å². The van der Waals surface area contributed by atoms with Gasteiger partial charge in [-0.25, -0.2) is 0 Å². The summed E-state index contributed by atoms with van der Waals surface area (Å²) in [6, 6.07) is 21.5. The van der Waals surface area contributed by atoms with Gasteiger partial charge in [0.2, 0.25) is 0 Å². The van der Waals surface area contributed by atoms with Crippen LogP contribution in [0.4, 0.5) is 0 Å². The SMILES string of the molecule is c1ccc(C2[CH+]C2c2ccccc2)cc1. The molecule has 0 N–H and O–H groups in total. The highest BCUT2D eigenvalue weighted by Gasteiger charge is 2.52. The first-order valence-corrected chi connectivity index (χ1v) is 5.40.